The van der Waals surface area contributed by atoms with Gasteiger partial charge in [-0.2, -0.15) is 0 Å². The van der Waals surface area contributed by atoms with Crippen molar-refractivity contribution in [2.75, 3.05) is 4.72 Å². The van der Waals surface area contributed by atoms with Crippen molar-refractivity contribution in [1.82, 2.24) is 0 Å². The maximum absolute atomic E-state index is 12.8. The van der Waals surface area contributed by atoms with E-state index in [4.69, 9.17) is 0 Å². The summed E-state index contributed by atoms with van der Waals surface area (Å²) in [7, 11) is -3.61. The maximum atomic E-state index is 12.8. The minimum Gasteiger partial charge on any atom is -0.478 e. The molecular weight excluding hydrogens is 394 g/mol. The maximum Gasteiger partial charge on any atom is 0.335 e. The van der Waals surface area contributed by atoms with E-state index in [1.807, 2.05) is 0 Å². The van der Waals surface area contributed by atoms with Crippen LogP contribution in [-0.2, 0) is 10.0 Å². The first kappa shape index (κ1) is 20.9. The van der Waals surface area contributed by atoms with E-state index in [0.717, 1.165) is 19.3 Å². The third kappa shape index (κ3) is 4.42. The average Bonchev–Trinajstić information content (AvgIpc) is 2.68. The summed E-state index contributed by atoms with van der Waals surface area (Å²) in [5.41, 5.74) is 0.933. The molecule has 0 bridgehead atoms. The van der Waals surface area contributed by atoms with Crippen LogP contribution in [0.25, 0.3) is 11.1 Å². The monoisotopic (exact) mass is 417 g/mol. The van der Waals surface area contributed by atoms with Crippen molar-refractivity contribution < 1.29 is 28.2 Å². The van der Waals surface area contributed by atoms with Gasteiger partial charge in [0, 0.05) is 5.56 Å². The highest BCUT2D eigenvalue weighted by molar-refractivity contribution is 7.93. The van der Waals surface area contributed by atoms with Gasteiger partial charge < -0.3 is 10.2 Å². The topological polar surface area (TPSA) is 121 Å². The molecule has 0 radical (unpaired) electrons. The largest absolute Gasteiger partial charge is 0.478 e. The van der Waals surface area contributed by atoms with Gasteiger partial charge in [0.1, 0.15) is 0 Å². The van der Waals surface area contributed by atoms with Crippen LogP contribution in [0.5, 0.6) is 0 Å². The van der Waals surface area contributed by atoms with Crippen LogP contribution in [0.3, 0.4) is 0 Å². The zero-order valence-corrected chi connectivity index (χ0v) is 16.8. The van der Waals surface area contributed by atoms with Gasteiger partial charge in [-0.3, -0.25) is 4.72 Å². The van der Waals surface area contributed by atoms with Gasteiger partial charge in [0.25, 0.3) is 0 Å². The van der Waals surface area contributed by atoms with Crippen molar-refractivity contribution in [2.45, 2.75) is 44.3 Å². The molecule has 1 aliphatic rings. The van der Waals surface area contributed by atoms with E-state index in [-0.39, 0.29) is 16.7 Å². The number of benzene rings is 2. The highest BCUT2D eigenvalue weighted by Gasteiger charge is 2.28. The van der Waals surface area contributed by atoms with Gasteiger partial charge in [0.15, 0.2) is 0 Å². The molecule has 154 valence electrons. The Morgan fingerprint density at radius 3 is 2.07 bits per heavy atom. The van der Waals surface area contributed by atoms with Gasteiger partial charge >= 0.3 is 11.9 Å². The molecule has 1 aliphatic carbocycles. The Hall–Kier alpha value is -2.87. The first-order chi connectivity index (χ1) is 13.7. The number of carbonyl (C=O) groups is 2. The molecule has 0 spiro atoms. The lowest BCUT2D eigenvalue weighted by Crippen LogP contribution is -2.29. The summed E-state index contributed by atoms with van der Waals surface area (Å²) < 4.78 is 28.3. The molecule has 1 fully saturated rings. The molecule has 29 heavy (non-hydrogen) atoms. The van der Waals surface area contributed by atoms with Crippen molar-refractivity contribution in [3.05, 3.63) is 53.1 Å². The Labute approximate surface area is 169 Å². The van der Waals surface area contributed by atoms with Gasteiger partial charge in [-0.15, -0.1) is 0 Å². The van der Waals surface area contributed by atoms with E-state index in [9.17, 15) is 28.2 Å². The molecule has 2 aromatic carbocycles. The van der Waals surface area contributed by atoms with Crippen molar-refractivity contribution >= 4 is 27.6 Å². The van der Waals surface area contributed by atoms with Crippen LogP contribution in [0.2, 0.25) is 0 Å². The van der Waals surface area contributed by atoms with Gasteiger partial charge in [0.2, 0.25) is 10.0 Å². The predicted octanol–water partition coefficient (Wildman–Crippen LogP) is 4.13. The summed E-state index contributed by atoms with van der Waals surface area (Å²) in [5.74, 6) is -2.49. The third-order valence-corrected chi connectivity index (χ3v) is 7.20. The molecule has 0 heterocycles. The van der Waals surface area contributed by atoms with Crippen LogP contribution in [0, 0.1) is 6.92 Å². The first-order valence-electron chi connectivity index (χ1n) is 9.43. The number of carboxylic acid groups (broad SMARTS) is 2. The van der Waals surface area contributed by atoms with E-state index in [0.29, 0.717) is 29.7 Å². The van der Waals surface area contributed by atoms with E-state index < -0.39 is 27.2 Å². The normalized spacial score (nSPS) is 15.1. The molecule has 0 atom stereocenters. The smallest absolute Gasteiger partial charge is 0.335 e. The summed E-state index contributed by atoms with van der Waals surface area (Å²) in [6.07, 6.45) is 3.98. The number of carboxylic acids is 2. The quantitative estimate of drug-likeness (QED) is 0.650. The number of nitrogens with one attached hydrogen (secondary N) is 1. The zero-order chi connectivity index (χ0) is 21.2. The third-order valence-electron chi connectivity index (χ3n) is 5.35. The molecule has 0 saturated heterocycles. The molecule has 1 saturated carbocycles. The number of anilines is 1. The van der Waals surface area contributed by atoms with Crippen molar-refractivity contribution in [1.29, 1.82) is 0 Å². The minimum atomic E-state index is -3.61. The fourth-order valence-corrected chi connectivity index (χ4v) is 5.36. The Bertz CT molecular complexity index is 1020. The molecule has 0 aromatic heterocycles. The second-order valence-electron chi connectivity index (χ2n) is 7.26. The lowest BCUT2D eigenvalue weighted by molar-refractivity contribution is 0.0696. The van der Waals surface area contributed by atoms with Gasteiger partial charge in [0.05, 0.1) is 22.1 Å². The van der Waals surface area contributed by atoms with Crippen molar-refractivity contribution in [3.8, 4) is 11.1 Å². The van der Waals surface area contributed by atoms with Gasteiger partial charge in [-0.25, -0.2) is 18.0 Å². The minimum absolute atomic E-state index is 0.134. The second-order valence-corrected chi connectivity index (χ2v) is 9.22. The Morgan fingerprint density at radius 2 is 1.52 bits per heavy atom. The summed E-state index contributed by atoms with van der Waals surface area (Å²) in [4.78, 5) is 23.2. The number of hydrogen-bond acceptors (Lipinski definition) is 4. The van der Waals surface area contributed by atoms with Gasteiger partial charge in [-0.05, 0) is 49.1 Å². The summed E-state index contributed by atoms with van der Waals surface area (Å²) >= 11 is 0. The molecule has 7 nitrogen and oxygen atoms in total. The number of para-hydroxylation sites is 1. The van der Waals surface area contributed by atoms with Gasteiger partial charge in [-0.1, -0.05) is 37.5 Å². The van der Waals surface area contributed by atoms with Crippen molar-refractivity contribution in [2.24, 2.45) is 0 Å². The van der Waals surface area contributed by atoms with Crippen LogP contribution >= 0.6 is 0 Å². The van der Waals surface area contributed by atoms with Crippen LogP contribution in [0.4, 0.5) is 5.69 Å². The zero-order valence-electron chi connectivity index (χ0n) is 16.0. The van der Waals surface area contributed by atoms with Crippen LogP contribution < -0.4 is 4.72 Å². The number of hydrogen-bond donors (Lipinski definition) is 3. The fraction of sp³-hybridized carbons (Fsp3) is 0.333. The Balaban J connectivity index is 2.07. The van der Waals surface area contributed by atoms with Crippen LogP contribution in [-0.4, -0.2) is 35.8 Å². The molecule has 3 N–H and O–H groups in total. The summed E-state index contributed by atoms with van der Waals surface area (Å²) in [6.45, 7) is 1.44. The van der Waals surface area contributed by atoms with E-state index >= 15 is 0 Å². The average molecular weight is 417 g/mol. The van der Waals surface area contributed by atoms with E-state index in [2.05, 4.69) is 4.72 Å². The lowest BCUT2D eigenvalue weighted by Gasteiger charge is -2.23. The van der Waals surface area contributed by atoms with Crippen LogP contribution in [0.1, 0.15) is 58.4 Å². The predicted molar refractivity (Wildman–Crippen MR) is 110 cm³/mol. The molecule has 2 aromatic rings. The Morgan fingerprint density at radius 1 is 0.966 bits per heavy atom. The standard InChI is InChI=1S/C21H23NO6S/c1-13-17(20(23)24)11-14(12-18(13)21(25)26)16-9-5-6-10-19(16)22-29(27,28)15-7-3-2-4-8-15/h5-6,9-12,15,22H,2-4,7-8H2,1H3,(H,23,24)(H,25,26). The number of aromatic carboxylic acids is 2. The number of sulfonamides is 1. The summed E-state index contributed by atoms with van der Waals surface area (Å²) in [5, 5.41) is 18.5. The number of rotatable bonds is 6. The highest BCUT2D eigenvalue weighted by atomic mass is 32.2. The van der Waals surface area contributed by atoms with Crippen LogP contribution in [0.15, 0.2) is 36.4 Å². The van der Waals surface area contributed by atoms with E-state index in [1.165, 1.54) is 19.1 Å². The SMILES string of the molecule is Cc1c(C(=O)O)cc(-c2ccccc2NS(=O)(=O)C2CCCCC2)cc1C(=O)O. The molecule has 0 aliphatic heterocycles. The molecular formula is C21H23NO6S. The summed E-state index contributed by atoms with van der Waals surface area (Å²) in [6, 6.07) is 9.34. The lowest BCUT2D eigenvalue weighted by atomic mass is 9.94. The molecule has 3 rings (SSSR count). The highest BCUT2D eigenvalue weighted by Crippen LogP contribution is 2.33. The fourth-order valence-electron chi connectivity index (χ4n) is 3.75. The Kier molecular flexibility index (Phi) is 5.93. The molecule has 0 unspecified atom stereocenters. The van der Waals surface area contributed by atoms with E-state index in [1.54, 1.807) is 24.3 Å². The molecule has 0 amide bonds. The second kappa shape index (κ2) is 8.24. The first-order valence-corrected chi connectivity index (χ1v) is 11.0. The molecule has 8 heteroatoms. The van der Waals surface area contributed by atoms with Crippen molar-refractivity contribution in [3.63, 3.8) is 0 Å².